The summed E-state index contributed by atoms with van der Waals surface area (Å²) < 4.78 is 14.7. The summed E-state index contributed by atoms with van der Waals surface area (Å²) in [4.78, 5) is 0. The Bertz CT molecular complexity index is 2450. The molecule has 0 bridgehead atoms. The van der Waals surface area contributed by atoms with Crippen LogP contribution in [0, 0.1) is 11.3 Å². The first-order chi connectivity index (χ1) is 21.3. The van der Waals surface area contributed by atoms with Gasteiger partial charge in [0.2, 0.25) is 0 Å². The maximum absolute atomic E-state index is 9.54. The van der Waals surface area contributed by atoms with Crippen LogP contribution in [0.1, 0.15) is 16.7 Å². The normalized spacial score (nSPS) is 12.8. The zero-order valence-corrected chi connectivity index (χ0v) is 23.2. The van der Waals surface area contributed by atoms with E-state index in [0.717, 1.165) is 66.1 Å². The number of benzene rings is 6. The zero-order valence-electron chi connectivity index (χ0n) is 23.2. The minimum absolute atomic E-state index is 0.533. The van der Waals surface area contributed by atoms with E-state index in [9.17, 15) is 5.26 Å². The van der Waals surface area contributed by atoms with Crippen LogP contribution in [0.3, 0.4) is 0 Å². The van der Waals surface area contributed by atoms with E-state index in [4.69, 9.17) is 9.15 Å². The van der Waals surface area contributed by atoms with Gasteiger partial charge in [0.25, 0.3) is 0 Å². The largest absolute Gasteiger partial charge is 0.456 e. The second kappa shape index (κ2) is 9.19. The Morgan fingerprint density at radius 3 is 2.33 bits per heavy atom. The van der Waals surface area contributed by atoms with Crippen molar-refractivity contribution in [2.45, 2.75) is 13.2 Å². The molecule has 4 nitrogen and oxygen atoms in total. The fourth-order valence-electron chi connectivity index (χ4n) is 6.83. The SMILES string of the molecule is N#Cc1ccc2c(c1)c1ccccc1n2-c1ccc2c(c1)COCc1ccc(-c3cccc4oc5ccccc5c34)cc1-2. The van der Waals surface area contributed by atoms with Crippen LogP contribution >= 0.6 is 0 Å². The van der Waals surface area contributed by atoms with Crippen molar-refractivity contribution in [3.8, 4) is 34.0 Å². The van der Waals surface area contributed by atoms with Gasteiger partial charge in [-0.2, -0.15) is 5.26 Å². The predicted octanol–water partition coefficient (Wildman–Crippen LogP) is 9.92. The van der Waals surface area contributed by atoms with Crippen molar-refractivity contribution in [2.24, 2.45) is 0 Å². The predicted molar refractivity (Wildman–Crippen MR) is 172 cm³/mol. The van der Waals surface area contributed by atoms with Gasteiger partial charge in [0.05, 0.1) is 35.9 Å². The highest BCUT2D eigenvalue weighted by molar-refractivity contribution is 6.13. The molecule has 0 spiro atoms. The maximum Gasteiger partial charge on any atom is 0.136 e. The van der Waals surface area contributed by atoms with Crippen LogP contribution in [-0.2, 0) is 18.0 Å². The van der Waals surface area contributed by atoms with Crippen molar-refractivity contribution in [2.75, 3.05) is 0 Å². The number of rotatable bonds is 2. The maximum atomic E-state index is 9.54. The van der Waals surface area contributed by atoms with E-state index in [2.05, 4.69) is 102 Å². The number of para-hydroxylation sites is 2. The van der Waals surface area contributed by atoms with Gasteiger partial charge in [-0.1, -0.05) is 66.7 Å². The fraction of sp³-hybridized carbons (Fsp3) is 0.0513. The Balaban J connectivity index is 1.22. The Kier molecular flexibility index (Phi) is 5.13. The molecule has 0 saturated carbocycles. The van der Waals surface area contributed by atoms with Crippen LogP contribution in [0.15, 0.2) is 126 Å². The molecule has 2 aromatic heterocycles. The van der Waals surface area contributed by atoms with Crippen LogP contribution in [0.5, 0.6) is 0 Å². The Labute approximate surface area is 247 Å². The van der Waals surface area contributed by atoms with Gasteiger partial charge < -0.3 is 13.7 Å². The molecule has 1 aliphatic rings. The van der Waals surface area contributed by atoms with Crippen LogP contribution in [-0.4, -0.2) is 4.57 Å². The first-order valence-corrected chi connectivity index (χ1v) is 14.4. The number of nitrogens with zero attached hydrogens (tertiary/aromatic N) is 2. The molecule has 202 valence electrons. The van der Waals surface area contributed by atoms with Gasteiger partial charge in [0.15, 0.2) is 0 Å². The van der Waals surface area contributed by atoms with Crippen molar-refractivity contribution < 1.29 is 9.15 Å². The minimum atomic E-state index is 0.533. The molecule has 0 atom stereocenters. The Morgan fingerprint density at radius 2 is 1.40 bits per heavy atom. The summed E-state index contributed by atoms with van der Waals surface area (Å²) in [6.07, 6.45) is 0. The summed E-state index contributed by atoms with van der Waals surface area (Å²) in [5.41, 5.74) is 12.8. The molecule has 0 N–H and O–H groups in total. The molecule has 43 heavy (non-hydrogen) atoms. The number of furan rings is 1. The van der Waals surface area contributed by atoms with Gasteiger partial charge in [-0.3, -0.25) is 0 Å². The lowest BCUT2D eigenvalue weighted by Gasteiger charge is -2.14. The van der Waals surface area contributed by atoms with Gasteiger partial charge in [-0.25, -0.2) is 0 Å². The number of ether oxygens (including phenoxy) is 1. The van der Waals surface area contributed by atoms with E-state index < -0.39 is 0 Å². The lowest BCUT2D eigenvalue weighted by atomic mass is 9.91. The number of aromatic nitrogens is 1. The van der Waals surface area contributed by atoms with Crippen molar-refractivity contribution in [1.82, 2.24) is 4.57 Å². The fourth-order valence-corrected chi connectivity index (χ4v) is 6.83. The van der Waals surface area contributed by atoms with E-state index >= 15 is 0 Å². The van der Waals surface area contributed by atoms with E-state index in [-0.39, 0.29) is 0 Å². The number of hydrogen-bond acceptors (Lipinski definition) is 3. The third-order valence-corrected chi connectivity index (χ3v) is 8.78. The van der Waals surface area contributed by atoms with Gasteiger partial charge in [-0.05, 0) is 88.0 Å². The van der Waals surface area contributed by atoms with Crippen molar-refractivity contribution in [3.63, 3.8) is 0 Å². The second-order valence-corrected chi connectivity index (χ2v) is 11.2. The van der Waals surface area contributed by atoms with Crippen LogP contribution in [0.4, 0.5) is 0 Å². The van der Waals surface area contributed by atoms with Crippen LogP contribution in [0.25, 0.3) is 71.7 Å². The second-order valence-electron chi connectivity index (χ2n) is 11.2. The standard InChI is InChI=1S/C39H24N2O2/c40-21-24-12-17-36-34(18-24)31-6-1-3-9-35(31)41(36)28-15-16-29-27(19-28)23-42-22-26-14-13-25(20-33(26)29)30-8-5-11-38-39(30)32-7-2-4-10-37(32)43-38/h1-20H,22-23H2. The third kappa shape index (κ3) is 3.59. The molecule has 0 unspecified atom stereocenters. The summed E-state index contributed by atoms with van der Waals surface area (Å²) >= 11 is 0. The number of fused-ring (bicyclic) bond motifs is 9. The molecule has 0 saturated heterocycles. The van der Waals surface area contributed by atoms with Gasteiger partial charge in [-0.15, -0.1) is 0 Å². The molecule has 0 aliphatic carbocycles. The molecule has 9 rings (SSSR count). The third-order valence-electron chi connectivity index (χ3n) is 8.78. The molecule has 8 aromatic rings. The van der Waals surface area contributed by atoms with E-state index in [1.54, 1.807) is 0 Å². The molecular formula is C39H24N2O2. The lowest BCUT2D eigenvalue weighted by molar-refractivity contribution is 0.110. The van der Waals surface area contributed by atoms with E-state index in [1.165, 1.54) is 16.7 Å². The average molecular weight is 553 g/mol. The molecule has 1 aliphatic heterocycles. The highest BCUT2D eigenvalue weighted by Gasteiger charge is 2.20. The van der Waals surface area contributed by atoms with Gasteiger partial charge in [0.1, 0.15) is 11.2 Å². The molecular weight excluding hydrogens is 528 g/mol. The monoisotopic (exact) mass is 552 g/mol. The molecule has 4 heteroatoms. The highest BCUT2D eigenvalue weighted by atomic mass is 16.5. The summed E-state index contributed by atoms with van der Waals surface area (Å²) in [7, 11) is 0. The zero-order chi connectivity index (χ0) is 28.5. The first-order valence-electron chi connectivity index (χ1n) is 14.4. The van der Waals surface area contributed by atoms with Crippen molar-refractivity contribution in [1.29, 1.82) is 5.26 Å². The van der Waals surface area contributed by atoms with Crippen LogP contribution in [0.2, 0.25) is 0 Å². The van der Waals surface area contributed by atoms with Gasteiger partial charge in [0, 0.05) is 27.2 Å². The van der Waals surface area contributed by atoms with E-state index in [0.29, 0.717) is 18.8 Å². The minimum Gasteiger partial charge on any atom is -0.456 e. The first kappa shape index (κ1) is 24.0. The summed E-state index contributed by atoms with van der Waals surface area (Å²) in [6, 6.07) is 44.6. The Morgan fingerprint density at radius 1 is 0.581 bits per heavy atom. The topological polar surface area (TPSA) is 51.1 Å². The number of hydrogen-bond donors (Lipinski definition) is 0. The van der Waals surface area contributed by atoms with Crippen molar-refractivity contribution >= 4 is 43.7 Å². The van der Waals surface area contributed by atoms with Crippen molar-refractivity contribution in [3.05, 3.63) is 138 Å². The highest BCUT2D eigenvalue weighted by Crippen LogP contribution is 2.41. The lowest BCUT2D eigenvalue weighted by Crippen LogP contribution is -1.97. The summed E-state index contributed by atoms with van der Waals surface area (Å²) in [6.45, 7) is 1.09. The quantitative estimate of drug-likeness (QED) is 0.214. The molecule has 0 fully saturated rings. The van der Waals surface area contributed by atoms with Gasteiger partial charge >= 0.3 is 0 Å². The Hall–Kier alpha value is -5.63. The molecule has 0 radical (unpaired) electrons. The smallest absolute Gasteiger partial charge is 0.136 e. The van der Waals surface area contributed by atoms with E-state index in [1.807, 2.05) is 30.3 Å². The van der Waals surface area contributed by atoms with Crippen LogP contribution < -0.4 is 0 Å². The molecule has 3 heterocycles. The molecule has 0 amide bonds. The molecule has 6 aromatic carbocycles. The summed E-state index contributed by atoms with van der Waals surface area (Å²) in [5.74, 6) is 0. The summed E-state index contributed by atoms with van der Waals surface area (Å²) in [5, 5.41) is 14.0. The number of nitriles is 1. The average Bonchev–Trinajstić information content (AvgIpc) is 3.54.